The zero-order valence-corrected chi connectivity index (χ0v) is 13.1. The van der Waals surface area contributed by atoms with Gasteiger partial charge in [-0.1, -0.05) is 57.5 Å². The highest BCUT2D eigenvalue weighted by atomic mass is 79.9. The molecule has 0 aliphatic carbocycles. The number of carbonyl (C=O) groups is 1. The number of aldehydes is 1. The second kappa shape index (κ2) is 4.56. The van der Waals surface area contributed by atoms with E-state index >= 15 is 0 Å². The molecule has 0 atom stereocenters. The molecule has 1 aromatic rings. The molecular formula is C15H21BrO. The molecule has 1 nitrogen and oxygen atoms in total. The molecule has 17 heavy (non-hydrogen) atoms. The van der Waals surface area contributed by atoms with Crippen LogP contribution < -0.4 is 0 Å². The van der Waals surface area contributed by atoms with Crippen molar-refractivity contribution in [3.05, 3.63) is 33.3 Å². The van der Waals surface area contributed by atoms with E-state index in [-0.39, 0.29) is 10.8 Å². The second-order valence-corrected chi connectivity index (χ2v) is 7.45. The van der Waals surface area contributed by atoms with E-state index < -0.39 is 0 Å². The Kier molecular flexibility index (Phi) is 3.87. The van der Waals surface area contributed by atoms with Crippen molar-refractivity contribution >= 4 is 22.2 Å². The molecule has 0 radical (unpaired) electrons. The lowest BCUT2D eigenvalue weighted by atomic mass is 9.77. The molecule has 0 fully saturated rings. The Morgan fingerprint density at radius 1 is 0.941 bits per heavy atom. The van der Waals surface area contributed by atoms with Gasteiger partial charge in [0.15, 0.2) is 6.29 Å². The first-order valence-corrected chi connectivity index (χ1v) is 6.66. The first-order chi connectivity index (χ1) is 7.57. The van der Waals surface area contributed by atoms with E-state index in [0.717, 1.165) is 27.4 Å². The molecule has 2 heteroatoms. The molecule has 0 aromatic heterocycles. The Bertz CT molecular complexity index is 398. The molecule has 0 bridgehead atoms. The zero-order chi connectivity index (χ0) is 13.4. The van der Waals surface area contributed by atoms with Gasteiger partial charge in [0.2, 0.25) is 0 Å². The molecule has 0 amide bonds. The van der Waals surface area contributed by atoms with Gasteiger partial charge in [-0.05, 0) is 34.1 Å². The van der Waals surface area contributed by atoms with Gasteiger partial charge in [-0.15, -0.1) is 0 Å². The summed E-state index contributed by atoms with van der Waals surface area (Å²) >= 11 is 3.55. The summed E-state index contributed by atoms with van der Waals surface area (Å²) in [6.45, 7) is 12.8. The largest absolute Gasteiger partial charge is 0.298 e. The number of hydrogen-bond donors (Lipinski definition) is 0. The SMILES string of the molecule is CC(C)(C)c1cc(Br)cc(C(C)(C)C)c1C=O. The van der Waals surface area contributed by atoms with Gasteiger partial charge in [0.1, 0.15) is 0 Å². The van der Waals surface area contributed by atoms with Crippen molar-refractivity contribution in [3.8, 4) is 0 Å². The number of hydrogen-bond acceptors (Lipinski definition) is 1. The molecule has 0 N–H and O–H groups in total. The topological polar surface area (TPSA) is 17.1 Å². The first kappa shape index (κ1) is 14.4. The highest BCUT2D eigenvalue weighted by Gasteiger charge is 2.25. The lowest BCUT2D eigenvalue weighted by Crippen LogP contribution is -2.21. The van der Waals surface area contributed by atoms with E-state index in [1.807, 2.05) is 0 Å². The molecule has 1 rings (SSSR count). The van der Waals surface area contributed by atoms with E-state index in [4.69, 9.17) is 0 Å². The van der Waals surface area contributed by atoms with Crippen LogP contribution in [0.1, 0.15) is 63.0 Å². The molecule has 94 valence electrons. The van der Waals surface area contributed by atoms with Gasteiger partial charge in [0.25, 0.3) is 0 Å². The molecule has 0 spiro atoms. The molecule has 0 saturated carbocycles. The van der Waals surface area contributed by atoms with E-state index in [9.17, 15) is 4.79 Å². The number of benzene rings is 1. The zero-order valence-electron chi connectivity index (χ0n) is 11.5. The van der Waals surface area contributed by atoms with Crippen molar-refractivity contribution in [1.29, 1.82) is 0 Å². The minimum Gasteiger partial charge on any atom is -0.298 e. The van der Waals surface area contributed by atoms with Crippen LogP contribution in [0.4, 0.5) is 0 Å². The smallest absolute Gasteiger partial charge is 0.150 e. The summed E-state index contributed by atoms with van der Waals surface area (Å²) < 4.78 is 1.04. The number of halogens is 1. The van der Waals surface area contributed by atoms with Crippen molar-refractivity contribution in [2.24, 2.45) is 0 Å². The van der Waals surface area contributed by atoms with Gasteiger partial charge in [-0.25, -0.2) is 0 Å². The molecule has 0 saturated heterocycles. The minimum absolute atomic E-state index is 0.0278. The average Bonchev–Trinajstić information content (AvgIpc) is 2.13. The highest BCUT2D eigenvalue weighted by Crippen LogP contribution is 2.35. The monoisotopic (exact) mass is 296 g/mol. The third kappa shape index (κ3) is 3.19. The van der Waals surface area contributed by atoms with E-state index in [1.54, 1.807) is 0 Å². The summed E-state index contributed by atoms with van der Waals surface area (Å²) in [6, 6.07) is 4.11. The lowest BCUT2D eigenvalue weighted by Gasteiger charge is -2.28. The van der Waals surface area contributed by atoms with Gasteiger partial charge in [0.05, 0.1) is 0 Å². The normalized spacial score (nSPS) is 12.6. The fraction of sp³-hybridized carbons (Fsp3) is 0.533. The summed E-state index contributed by atoms with van der Waals surface area (Å²) in [5.74, 6) is 0. The van der Waals surface area contributed by atoms with Crippen molar-refractivity contribution in [1.82, 2.24) is 0 Å². The van der Waals surface area contributed by atoms with Crippen molar-refractivity contribution in [2.45, 2.75) is 52.4 Å². The second-order valence-electron chi connectivity index (χ2n) is 6.53. The van der Waals surface area contributed by atoms with E-state index in [1.165, 1.54) is 0 Å². The molecule has 0 aliphatic heterocycles. The molecule has 1 aromatic carbocycles. The fourth-order valence-electron chi connectivity index (χ4n) is 1.99. The first-order valence-electron chi connectivity index (χ1n) is 5.87. The van der Waals surface area contributed by atoms with Crippen molar-refractivity contribution < 1.29 is 4.79 Å². The Morgan fingerprint density at radius 3 is 1.53 bits per heavy atom. The summed E-state index contributed by atoms with van der Waals surface area (Å²) in [7, 11) is 0. The Balaban J connectivity index is 3.64. The summed E-state index contributed by atoms with van der Waals surface area (Å²) in [5, 5.41) is 0. The number of rotatable bonds is 1. The summed E-state index contributed by atoms with van der Waals surface area (Å²) in [6.07, 6.45) is 0.994. The van der Waals surface area contributed by atoms with Crippen LogP contribution >= 0.6 is 15.9 Å². The third-order valence-electron chi connectivity index (χ3n) is 2.88. The van der Waals surface area contributed by atoms with Crippen LogP contribution in [-0.2, 0) is 10.8 Å². The van der Waals surface area contributed by atoms with Crippen LogP contribution in [0.5, 0.6) is 0 Å². The Hall–Kier alpha value is -0.630. The van der Waals surface area contributed by atoms with E-state index in [0.29, 0.717) is 0 Å². The molecule has 0 aliphatic rings. The van der Waals surface area contributed by atoms with Crippen LogP contribution in [-0.4, -0.2) is 6.29 Å². The van der Waals surface area contributed by atoms with Crippen LogP contribution in [0.15, 0.2) is 16.6 Å². The molecular weight excluding hydrogens is 276 g/mol. The molecule has 0 unspecified atom stereocenters. The van der Waals surface area contributed by atoms with Gasteiger partial charge in [-0.3, -0.25) is 4.79 Å². The van der Waals surface area contributed by atoms with Crippen molar-refractivity contribution in [3.63, 3.8) is 0 Å². The number of carbonyl (C=O) groups excluding carboxylic acids is 1. The third-order valence-corrected chi connectivity index (χ3v) is 3.34. The predicted octanol–water partition coefficient (Wildman–Crippen LogP) is 4.86. The van der Waals surface area contributed by atoms with Crippen molar-refractivity contribution in [2.75, 3.05) is 0 Å². The highest BCUT2D eigenvalue weighted by molar-refractivity contribution is 9.10. The standard InChI is InChI=1S/C15H21BrO/c1-14(2,3)12-7-10(16)8-13(11(12)9-17)15(4,5)6/h7-9H,1-6H3. The quantitative estimate of drug-likeness (QED) is 0.677. The Morgan fingerprint density at radius 2 is 1.29 bits per heavy atom. The predicted molar refractivity (Wildman–Crippen MR) is 76.9 cm³/mol. The fourth-order valence-corrected chi connectivity index (χ4v) is 2.44. The lowest BCUT2D eigenvalue weighted by molar-refractivity contribution is 0.111. The minimum atomic E-state index is -0.0278. The van der Waals surface area contributed by atoms with E-state index in [2.05, 4.69) is 69.6 Å². The van der Waals surface area contributed by atoms with Gasteiger partial charge in [0, 0.05) is 10.0 Å². The van der Waals surface area contributed by atoms with Crippen LogP contribution in [0.25, 0.3) is 0 Å². The van der Waals surface area contributed by atoms with Crippen LogP contribution in [0.3, 0.4) is 0 Å². The summed E-state index contributed by atoms with van der Waals surface area (Å²) in [5.41, 5.74) is 2.99. The van der Waals surface area contributed by atoms with Gasteiger partial charge >= 0.3 is 0 Å². The van der Waals surface area contributed by atoms with Crippen LogP contribution in [0.2, 0.25) is 0 Å². The average molecular weight is 297 g/mol. The molecule has 0 heterocycles. The maximum absolute atomic E-state index is 11.4. The van der Waals surface area contributed by atoms with Gasteiger partial charge < -0.3 is 0 Å². The maximum atomic E-state index is 11.4. The Labute approximate surface area is 113 Å². The summed E-state index contributed by atoms with van der Waals surface area (Å²) in [4.78, 5) is 11.4. The maximum Gasteiger partial charge on any atom is 0.150 e. The van der Waals surface area contributed by atoms with Gasteiger partial charge in [-0.2, -0.15) is 0 Å². The van der Waals surface area contributed by atoms with Crippen LogP contribution in [0, 0.1) is 0 Å².